The zero-order chi connectivity index (χ0) is 22.5. The highest BCUT2D eigenvalue weighted by Crippen LogP contribution is 2.26. The van der Waals surface area contributed by atoms with E-state index in [0.29, 0.717) is 22.9 Å². The van der Waals surface area contributed by atoms with Crippen molar-refractivity contribution < 1.29 is 9.53 Å². The van der Waals surface area contributed by atoms with Gasteiger partial charge in [0.05, 0.1) is 5.02 Å². The van der Waals surface area contributed by atoms with Gasteiger partial charge in [0, 0.05) is 42.8 Å². The van der Waals surface area contributed by atoms with Crippen molar-refractivity contribution in [2.45, 2.75) is 20.1 Å². The van der Waals surface area contributed by atoms with E-state index in [4.69, 9.17) is 16.3 Å². The largest absolute Gasteiger partial charge is 0.487 e. The lowest BCUT2D eigenvalue weighted by molar-refractivity contribution is 0.0628. The van der Waals surface area contributed by atoms with Crippen molar-refractivity contribution >= 4 is 33.4 Å². The number of rotatable bonds is 6. The first-order chi connectivity index (χ1) is 15.5. The van der Waals surface area contributed by atoms with E-state index in [0.717, 1.165) is 48.3 Å². The van der Waals surface area contributed by atoms with Crippen LogP contribution in [-0.4, -0.2) is 41.9 Å². The van der Waals surface area contributed by atoms with Crippen LogP contribution >= 0.6 is 27.5 Å². The van der Waals surface area contributed by atoms with Crippen LogP contribution in [-0.2, 0) is 13.2 Å². The molecule has 0 radical (unpaired) electrons. The minimum Gasteiger partial charge on any atom is -0.487 e. The second-order valence-electron chi connectivity index (χ2n) is 8.08. The number of carbonyl (C=O) groups excluding carboxylic acids is 1. The third-order valence-corrected chi connectivity index (χ3v) is 6.78. The molecule has 1 amide bonds. The third-order valence-electron chi connectivity index (χ3n) is 5.69. The zero-order valence-electron chi connectivity index (χ0n) is 18.1. The summed E-state index contributed by atoms with van der Waals surface area (Å²) < 4.78 is 6.98. The molecular formula is C26H26BrClN2O2. The zero-order valence-corrected chi connectivity index (χ0v) is 20.4. The maximum absolute atomic E-state index is 12.9. The van der Waals surface area contributed by atoms with Crippen LogP contribution in [0.1, 0.15) is 27.0 Å². The third kappa shape index (κ3) is 5.71. The second kappa shape index (κ2) is 10.5. The molecule has 1 aliphatic rings. The summed E-state index contributed by atoms with van der Waals surface area (Å²) in [5.74, 6) is 0.756. The van der Waals surface area contributed by atoms with Gasteiger partial charge in [-0.2, -0.15) is 0 Å². The molecule has 166 valence electrons. The Balaban J connectivity index is 1.29. The van der Waals surface area contributed by atoms with Crippen molar-refractivity contribution in [1.82, 2.24) is 9.80 Å². The predicted octanol–water partition coefficient (Wildman–Crippen LogP) is 5.95. The van der Waals surface area contributed by atoms with Gasteiger partial charge in [-0.3, -0.25) is 9.69 Å². The molecule has 1 fully saturated rings. The van der Waals surface area contributed by atoms with E-state index in [1.807, 2.05) is 60.4 Å². The van der Waals surface area contributed by atoms with E-state index in [1.165, 1.54) is 5.56 Å². The molecule has 0 atom stereocenters. The van der Waals surface area contributed by atoms with Gasteiger partial charge in [-0.1, -0.05) is 63.9 Å². The van der Waals surface area contributed by atoms with Crippen LogP contribution in [0.5, 0.6) is 5.75 Å². The van der Waals surface area contributed by atoms with E-state index < -0.39 is 0 Å². The van der Waals surface area contributed by atoms with Crippen molar-refractivity contribution in [3.63, 3.8) is 0 Å². The predicted molar refractivity (Wildman–Crippen MR) is 132 cm³/mol. The molecule has 3 aromatic rings. The Morgan fingerprint density at radius 2 is 1.72 bits per heavy atom. The molecule has 0 aromatic heterocycles. The van der Waals surface area contributed by atoms with Gasteiger partial charge in [0.15, 0.2) is 0 Å². The van der Waals surface area contributed by atoms with Crippen LogP contribution < -0.4 is 4.74 Å². The van der Waals surface area contributed by atoms with Crippen LogP contribution in [0, 0.1) is 6.92 Å². The number of amides is 1. The molecule has 32 heavy (non-hydrogen) atoms. The summed E-state index contributed by atoms with van der Waals surface area (Å²) >= 11 is 9.82. The summed E-state index contributed by atoms with van der Waals surface area (Å²) in [6.45, 7) is 6.52. The van der Waals surface area contributed by atoms with E-state index in [9.17, 15) is 4.79 Å². The number of hydrogen-bond donors (Lipinski definition) is 0. The van der Waals surface area contributed by atoms with Gasteiger partial charge >= 0.3 is 0 Å². The molecule has 3 aromatic carbocycles. The van der Waals surface area contributed by atoms with Gasteiger partial charge in [0.1, 0.15) is 12.4 Å². The maximum Gasteiger partial charge on any atom is 0.253 e. The minimum atomic E-state index is 0.0831. The summed E-state index contributed by atoms with van der Waals surface area (Å²) in [5.41, 5.74) is 4.08. The Labute approximate surface area is 202 Å². The highest BCUT2D eigenvalue weighted by molar-refractivity contribution is 9.10. The Hall–Kier alpha value is -2.34. The standard InChI is InChI=1S/C26H26BrClN2O2/c1-19-6-11-24(28)25(16-19)32-18-20-7-9-21(10-8-20)26(31)30-14-12-29(13-15-30)17-22-4-2-3-5-23(22)27/h2-11,16H,12-15,17-18H2,1H3. The van der Waals surface area contributed by atoms with Crippen LogP contribution in [0.15, 0.2) is 71.2 Å². The monoisotopic (exact) mass is 512 g/mol. The van der Waals surface area contributed by atoms with Gasteiger partial charge < -0.3 is 9.64 Å². The molecule has 0 aliphatic carbocycles. The molecule has 1 saturated heterocycles. The topological polar surface area (TPSA) is 32.8 Å². The Kier molecular flexibility index (Phi) is 7.51. The van der Waals surface area contributed by atoms with Gasteiger partial charge in [-0.05, 0) is 53.9 Å². The molecule has 0 bridgehead atoms. The van der Waals surface area contributed by atoms with Crippen LogP contribution in [0.3, 0.4) is 0 Å². The first-order valence-electron chi connectivity index (χ1n) is 10.7. The first-order valence-corrected chi connectivity index (χ1v) is 11.9. The average molecular weight is 514 g/mol. The lowest BCUT2D eigenvalue weighted by Crippen LogP contribution is -2.48. The lowest BCUT2D eigenvalue weighted by Gasteiger charge is -2.35. The fourth-order valence-electron chi connectivity index (χ4n) is 3.78. The first kappa shape index (κ1) is 22.8. The van der Waals surface area contributed by atoms with Gasteiger partial charge in [-0.15, -0.1) is 0 Å². The number of aryl methyl sites for hydroxylation is 1. The van der Waals surface area contributed by atoms with Crippen molar-refractivity contribution in [2.75, 3.05) is 26.2 Å². The number of nitrogens with zero attached hydrogens (tertiary/aromatic N) is 2. The van der Waals surface area contributed by atoms with E-state index >= 15 is 0 Å². The fraction of sp³-hybridized carbons (Fsp3) is 0.269. The quantitative estimate of drug-likeness (QED) is 0.408. The van der Waals surface area contributed by atoms with Crippen molar-refractivity contribution in [2.24, 2.45) is 0 Å². The molecule has 4 rings (SSSR count). The molecule has 1 heterocycles. The van der Waals surface area contributed by atoms with Crippen molar-refractivity contribution in [1.29, 1.82) is 0 Å². The molecule has 4 nitrogen and oxygen atoms in total. The lowest BCUT2D eigenvalue weighted by atomic mass is 10.1. The fourth-order valence-corrected chi connectivity index (χ4v) is 4.37. The summed E-state index contributed by atoms with van der Waals surface area (Å²) in [4.78, 5) is 17.3. The number of piperazine rings is 1. The number of hydrogen-bond acceptors (Lipinski definition) is 3. The number of carbonyl (C=O) groups is 1. The maximum atomic E-state index is 12.9. The van der Waals surface area contributed by atoms with Crippen LogP contribution in [0.4, 0.5) is 0 Å². The highest BCUT2D eigenvalue weighted by atomic mass is 79.9. The van der Waals surface area contributed by atoms with Crippen LogP contribution in [0.25, 0.3) is 0 Å². The van der Waals surface area contributed by atoms with Crippen LogP contribution in [0.2, 0.25) is 5.02 Å². The summed E-state index contributed by atoms with van der Waals surface area (Å²) in [6.07, 6.45) is 0. The Bertz CT molecular complexity index is 1080. The summed E-state index contributed by atoms with van der Waals surface area (Å²) in [7, 11) is 0. The average Bonchev–Trinajstić information content (AvgIpc) is 2.81. The SMILES string of the molecule is Cc1ccc(Cl)c(OCc2ccc(C(=O)N3CCN(Cc4ccccc4Br)CC3)cc2)c1. The minimum absolute atomic E-state index is 0.0831. The molecule has 0 spiro atoms. The molecule has 0 N–H and O–H groups in total. The normalized spacial score (nSPS) is 14.4. The van der Waals surface area contributed by atoms with Crippen molar-refractivity contribution in [3.8, 4) is 5.75 Å². The highest BCUT2D eigenvalue weighted by Gasteiger charge is 2.22. The van der Waals surface area contributed by atoms with Crippen molar-refractivity contribution in [3.05, 3.63) is 98.5 Å². The summed E-state index contributed by atoms with van der Waals surface area (Å²) in [5, 5.41) is 0.598. The Morgan fingerprint density at radius 1 is 1.00 bits per heavy atom. The number of benzene rings is 3. The molecule has 1 aliphatic heterocycles. The second-order valence-corrected chi connectivity index (χ2v) is 9.34. The molecule has 0 unspecified atom stereocenters. The molecular weight excluding hydrogens is 488 g/mol. The van der Waals surface area contributed by atoms with Gasteiger partial charge in [0.2, 0.25) is 0 Å². The Morgan fingerprint density at radius 3 is 2.44 bits per heavy atom. The molecule has 0 saturated carbocycles. The van der Waals surface area contributed by atoms with Gasteiger partial charge in [0.25, 0.3) is 5.91 Å². The van der Waals surface area contributed by atoms with E-state index in [-0.39, 0.29) is 5.91 Å². The smallest absolute Gasteiger partial charge is 0.253 e. The number of ether oxygens (including phenoxy) is 1. The van der Waals surface area contributed by atoms with Gasteiger partial charge in [-0.25, -0.2) is 0 Å². The number of halogens is 2. The summed E-state index contributed by atoms with van der Waals surface area (Å²) in [6, 6.07) is 21.7. The van der Waals surface area contributed by atoms with E-state index in [2.05, 4.69) is 39.0 Å². The van der Waals surface area contributed by atoms with E-state index in [1.54, 1.807) is 0 Å². The molecule has 6 heteroatoms.